The Kier molecular flexibility index (Phi) is 7.11. The molecular weight excluding hydrogens is 352 g/mol. The monoisotopic (exact) mass is 372 g/mol. The lowest BCUT2D eigenvalue weighted by Crippen LogP contribution is -2.19. The second-order valence-corrected chi connectivity index (χ2v) is 5.59. The second kappa shape index (κ2) is 9.53. The van der Waals surface area contributed by atoms with Crippen LogP contribution in [-0.2, 0) is 9.47 Å². The van der Waals surface area contributed by atoms with Crippen LogP contribution in [-0.4, -0.2) is 30.3 Å². The van der Waals surface area contributed by atoms with Crippen molar-refractivity contribution in [1.82, 2.24) is 0 Å². The van der Waals surface area contributed by atoms with E-state index in [1.807, 2.05) is 0 Å². The Morgan fingerprint density at radius 2 is 1.42 bits per heavy atom. The number of ether oxygens (including phenoxy) is 2. The summed E-state index contributed by atoms with van der Waals surface area (Å²) in [5.74, 6) is -0.750. The zero-order chi connectivity index (χ0) is 18.9. The van der Waals surface area contributed by atoms with Gasteiger partial charge in [0, 0.05) is 11.4 Å². The summed E-state index contributed by atoms with van der Waals surface area (Å²) >= 11 is 5.27. The molecule has 0 atom stereocenters. The van der Waals surface area contributed by atoms with E-state index in [4.69, 9.17) is 21.7 Å². The quantitative estimate of drug-likeness (QED) is 0.589. The summed E-state index contributed by atoms with van der Waals surface area (Å²) in [4.78, 5) is 23.4. The Labute approximate surface area is 157 Å². The van der Waals surface area contributed by atoms with Crippen molar-refractivity contribution in [1.29, 1.82) is 0 Å². The van der Waals surface area contributed by atoms with Crippen LogP contribution >= 0.6 is 12.2 Å². The smallest absolute Gasteiger partial charge is 0.338 e. The first-order valence-electron chi connectivity index (χ1n) is 8.15. The summed E-state index contributed by atoms with van der Waals surface area (Å²) < 4.78 is 9.92. The Morgan fingerprint density at radius 1 is 0.846 bits per heavy atom. The Balaban J connectivity index is 1.97. The van der Waals surface area contributed by atoms with Crippen molar-refractivity contribution in [3.05, 3.63) is 59.7 Å². The number of benzene rings is 2. The molecule has 136 valence electrons. The number of hydrogen-bond acceptors (Lipinski definition) is 5. The lowest BCUT2D eigenvalue weighted by Gasteiger charge is -2.12. The van der Waals surface area contributed by atoms with Gasteiger partial charge in [0.05, 0.1) is 24.3 Å². The molecule has 0 spiro atoms. The highest BCUT2D eigenvalue weighted by Gasteiger charge is 2.08. The first kappa shape index (κ1) is 19.4. The van der Waals surface area contributed by atoms with Crippen molar-refractivity contribution in [2.75, 3.05) is 23.8 Å². The van der Waals surface area contributed by atoms with Crippen LogP contribution in [0.2, 0.25) is 0 Å². The molecule has 2 aromatic rings. The third kappa shape index (κ3) is 5.56. The Bertz CT molecular complexity index is 790. The number of carbonyl (C=O) groups is 2. The molecule has 0 radical (unpaired) electrons. The van der Waals surface area contributed by atoms with Crippen LogP contribution in [0, 0.1) is 0 Å². The van der Waals surface area contributed by atoms with Gasteiger partial charge in [0.15, 0.2) is 5.11 Å². The Hall–Kier alpha value is -2.93. The average Bonchev–Trinajstić information content (AvgIpc) is 2.63. The zero-order valence-corrected chi connectivity index (χ0v) is 15.4. The largest absolute Gasteiger partial charge is 0.462 e. The van der Waals surface area contributed by atoms with Gasteiger partial charge in [-0.2, -0.15) is 0 Å². The molecule has 2 aromatic carbocycles. The standard InChI is InChI=1S/C19H20N2O4S/c1-3-24-17(22)13-8-10-15(11-9-13)20-19(26)21-16-7-5-6-14(12-16)18(23)25-4-2/h5-12H,3-4H2,1-2H3,(H2,20,21,26). The molecule has 0 unspecified atom stereocenters. The molecule has 0 aliphatic carbocycles. The van der Waals surface area contributed by atoms with E-state index in [1.165, 1.54) is 0 Å². The van der Waals surface area contributed by atoms with E-state index in [1.54, 1.807) is 62.4 Å². The minimum Gasteiger partial charge on any atom is -0.462 e. The second-order valence-electron chi connectivity index (χ2n) is 5.18. The van der Waals surface area contributed by atoms with Gasteiger partial charge in [0.2, 0.25) is 0 Å². The number of rotatable bonds is 6. The van der Waals surface area contributed by atoms with E-state index in [2.05, 4.69) is 10.6 Å². The summed E-state index contributed by atoms with van der Waals surface area (Å²) in [6, 6.07) is 13.6. The molecule has 0 aliphatic rings. The third-order valence-electron chi connectivity index (χ3n) is 3.29. The lowest BCUT2D eigenvalue weighted by molar-refractivity contribution is 0.0517. The molecule has 0 aromatic heterocycles. The maximum absolute atomic E-state index is 11.8. The average molecular weight is 372 g/mol. The first-order valence-corrected chi connectivity index (χ1v) is 8.56. The highest BCUT2D eigenvalue weighted by Crippen LogP contribution is 2.14. The molecule has 0 bridgehead atoms. The van der Waals surface area contributed by atoms with Gasteiger partial charge in [-0.25, -0.2) is 9.59 Å². The van der Waals surface area contributed by atoms with Gasteiger partial charge in [0.25, 0.3) is 0 Å². The molecule has 26 heavy (non-hydrogen) atoms. The van der Waals surface area contributed by atoms with E-state index < -0.39 is 0 Å². The van der Waals surface area contributed by atoms with Gasteiger partial charge in [-0.1, -0.05) is 6.07 Å². The maximum atomic E-state index is 11.8. The van der Waals surface area contributed by atoms with Gasteiger partial charge < -0.3 is 20.1 Å². The molecular formula is C19H20N2O4S. The molecule has 0 saturated heterocycles. The van der Waals surface area contributed by atoms with E-state index in [0.29, 0.717) is 35.1 Å². The molecule has 2 rings (SSSR count). The topological polar surface area (TPSA) is 76.7 Å². The van der Waals surface area contributed by atoms with Crippen LogP contribution in [0.15, 0.2) is 48.5 Å². The molecule has 0 fully saturated rings. The normalized spacial score (nSPS) is 9.92. The molecule has 0 amide bonds. The predicted octanol–water partition coefficient (Wildman–Crippen LogP) is 3.85. The highest BCUT2D eigenvalue weighted by molar-refractivity contribution is 7.80. The van der Waals surface area contributed by atoms with Crippen LogP contribution in [0.25, 0.3) is 0 Å². The molecule has 0 saturated carbocycles. The predicted molar refractivity (Wildman–Crippen MR) is 105 cm³/mol. The first-order chi connectivity index (χ1) is 12.5. The van der Waals surface area contributed by atoms with E-state index in [-0.39, 0.29) is 11.9 Å². The van der Waals surface area contributed by atoms with Crippen LogP contribution in [0.5, 0.6) is 0 Å². The van der Waals surface area contributed by atoms with Crippen LogP contribution in [0.1, 0.15) is 34.6 Å². The zero-order valence-electron chi connectivity index (χ0n) is 14.6. The number of carbonyl (C=O) groups excluding carboxylic acids is 2. The molecule has 2 N–H and O–H groups in total. The number of thiocarbonyl (C=S) groups is 1. The summed E-state index contributed by atoms with van der Waals surface area (Å²) in [6.07, 6.45) is 0. The van der Waals surface area contributed by atoms with Gasteiger partial charge in [0.1, 0.15) is 0 Å². The molecule has 0 aliphatic heterocycles. The van der Waals surface area contributed by atoms with E-state index >= 15 is 0 Å². The summed E-state index contributed by atoms with van der Waals surface area (Å²) in [6.45, 7) is 4.16. The number of anilines is 2. The highest BCUT2D eigenvalue weighted by atomic mass is 32.1. The van der Waals surface area contributed by atoms with Gasteiger partial charge >= 0.3 is 11.9 Å². The van der Waals surface area contributed by atoms with Crippen molar-refractivity contribution < 1.29 is 19.1 Å². The number of hydrogen-bond donors (Lipinski definition) is 2. The van der Waals surface area contributed by atoms with Crippen molar-refractivity contribution in [2.24, 2.45) is 0 Å². The summed E-state index contributed by atoms with van der Waals surface area (Å²) in [7, 11) is 0. The number of nitrogens with one attached hydrogen (secondary N) is 2. The van der Waals surface area contributed by atoms with E-state index in [0.717, 1.165) is 5.69 Å². The lowest BCUT2D eigenvalue weighted by atomic mass is 10.2. The maximum Gasteiger partial charge on any atom is 0.338 e. The van der Waals surface area contributed by atoms with Crippen molar-refractivity contribution >= 4 is 40.6 Å². The SMILES string of the molecule is CCOC(=O)c1ccc(NC(=S)Nc2cccc(C(=O)OCC)c2)cc1. The van der Waals surface area contributed by atoms with Crippen molar-refractivity contribution in [2.45, 2.75) is 13.8 Å². The van der Waals surface area contributed by atoms with Crippen LogP contribution in [0.3, 0.4) is 0 Å². The summed E-state index contributed by atoms with van der Waals surface area (Å²) in [5.41, 5.74) is 2.30. The fourth-order valence-electron chi connectivity index (χ4n) is 2.14. The van der Waals surface area contributed by atoms with Gasteiger partial charge in [-0.05, 0) is 68.5 Å². The van der Waals surface area contributed by atoms with Crippen LogP contribution in [0.4, 0.5) is 11.4 Å². The van der Waals surface area contributed by atoms with Gasteiger partial charge in [-0.15, -0.1) is 0 Å². The van der Waals surface area contributed by atoms with Crippen molar-refractivity contribution in [3.8, 4) is 0 Å². The number of esters is 2. The van der Waals surface area contributed by atoms with E-state index in [9.17, 15) is 9.59 Å². The van der Waals surface area contributed by atoms with Crippen LogP contribution < -0.4 is 10.6 Å². The fraction of sp³-hybridized carbons (Fsp3) is 0.211. The summed E-state index contributed by atoms with van der Waals surface area (Å²) in [5, 5.41) is 6.38. The van der Waals surface area contributed by atoms with Gasteiger partial charge in [-0.3, -0.25) is 0 Å². The van der Waals surface area contributed by atoms with Crippen molar-refractivity contribution in [3.63, 3.8) is 0 Å². The minimum absolute atomic E-state index is 0.318. The fourth-order valence-corrected chi connectivity index (χ4v) is 2.37. The minimum atomic E-state index is -0.385. The Morgan fingerprint density at radius 3 is 2.04 bits per heavy atom. The third-order valence-corrected chi connectivity index (χ3v) is 3.49. The molecule has 7 heteroatoms. The molecule has 6 nitrogen and oxygen atoms in total. The molecule has 0 heterocycles.